The second kappa shape index (κ2) is 6.59. The van der Waals surface area contributed by atoms with E-state index in [1.807, 2.05) is 0 Å². The molecule has 0 aliphatic heterocycles. The van der Waals surface area contributed by atoms with Crippen LogP contribution in [-0.2, 0) is 6.42 Å². The molecule has 2 rings (SSSR count). The molecule has 0 bridgehead atoms. The Balaban J connectivity index is 2.34. The van der Waals surface area contributed by atoms with Crippen molar-refractivity contribution in [2.75, 3.05) is 14.2 Å². The molecular weight excluding hydrogens is 295 g/mol. The monoisotopic (exact) mass is 308 g/mol. The SMILES string of the molecule is COc1ccc(OC)c(C(=O)Cc2cccc(Cl)c2F)c1. The van der Waals surface area contributed by atoms with Gasteiger partial charge in [-0.25, -0.2) is 4.39 Å². The van der Waals surface area contributed by atoms with Gasteiger partial charge >= 0.3 is 0 Å². The van der Waals surface area contributed by atoms with Gasteiger partial charge in [0.2, 0.25) is 0 Å². The number of methoxy groups -OCH3 is 2. The summed E-state index contributed by atoms with van der Waals surface area (Å²) in [7, 11) is 2.98. The molecule has 0 saturated carbocycles. The number of benzene rings is 2. The van der Waals surface area contributed by atoms with Gasteiger partial charge in [-0.1, -0.05) is 23.7 Å². The first kappa shape index (κ1) is 15.3. The van der Waals surface area contributed by atoms with E-state index in [1.165, 1.54) is 26.4 Å². The van der Waals surface area contributed by atoms with Gasteiger partial charge in [-0.05, 0) is 29.8 Å². The van der Waals surface area contributed by atoms with Gasteiger partial charge in [0.05, 0.1) is 24.8 Å². The molecule has 0 saturated heterocycles. The highest BCUT2D eigenvalue weighted by Gasteiger charge is 2.17. The van der Waals surface area contributed by atoms with E-state index in [2.05, 4.69) is 0 Å². The number of hydrogen-bond acceptors (Lipinski definition) is 3. The van der Waals surface area contributed by atoms with Crippen molar-refractivity contribution >= 4 is 17.4 Å². The molecule has 110 valence electrons. The van der Waals surface area contributed by atoms with Gasteiger partial charge in [-0.3, -0.25) is 4.79 Å². The molecule has 0 radical (unpaired) electrons. The molecule has 0 heterocycles. The molecule has 0 aliphatic rings. The van der Waals surface area contributed by atoms with E-state index in [1.54, 1.807) is 24.3 Å². The highest BCUT2D eigenvalue weighted by atomic mass is 35.5. The van der Waals surface area contributed by atoms with Crippen LogP contribution in [0.4, 0.5) is 4.39 Å². The summed E-state index contributed by atoms with van der Waals surface area (Å²) in [5, 5.41) is -0.00194. The Morgan fingerprint density at radius 2 is 1.95 bits per heavy atom. The zero-order chi connectivity index (χ0) is 15.4. The highest BCUT2D eigenvalue weighted by molar-refractivity contribution is 6.30. The molecule has 2 aromatic carbocycles. The van der Waals surface area contributed by atoms with E-state index in [0.717, 1.165) is 0 Å². The normalized spacial score (nSPS) is 10.3. The van der Waals surface area contributed by atoms with E-state index in [4.69, 9.17) is 21.1 Å². The predicted octanol–water partition coefficient (Wildman–Crippen LogP) is 3.92. The Labute approximate surface area is 127 Å². The van der Waals surface area contributed by atoms with Gasteiger partial charge in [-0.2, -0.15) is 0 Å². The molecule has 21 heavy (non-hydrogen) atoms. The summed E-state index contributed by atoms with van der Waals surface area (Å²) in [6, 6.07) is 9.49. The molecule has 2 aromatic rings. The molecule has 3 nitrogen and oxygen atoms in total. The van der Waals surface area contributed by atoms with Crippen molar-refractivity contribution in [2.24, 2.45) is 0 Å². The van der Waals surface area contributed by atoms with E-state index < -0.39 is 5.82 Å². The van der Waals surface area contributed by atoms with E-state index >= 15 is 0 Å². The molecule has 0 aromatic heterocycles. The maximum Gasteiger partial charge on any atom is 0.171 e. The van der Waals surface area contributed by atoms with E-state index in [-0.39, 0.29) is 22.8 Å². The number of ketones is 1. The van der Waals surface area contributed by atoms with Crippen LogP contribution in [0.25, 0.3) is 0 Å². The van der Waals surface area contributed by atoms with Crippen molar-refractivity contribution in [1.82, 2.24) is 0 Å². The molecule has 0 fully saturated rings. The average Bonchev–Trinajstić information content (AvgIpc) is 2.51. The number of hydrogen-bond donors (Lipinski definition) is 0. The minimum atomic E-state index is -0.575. The number of halogens is 2. The predicted molar refractivity (Wildman–Crippen MR) is 79.0 cm³/mol. The van der Waals surface area contributed by atoms with Gasteiger partial charge < -0.3 is 9.47 Å². The highest BCUT2D eigenvalue weighted by Crippen LogP contribution is 2.26. The third-order valence-corrected chi connectivity index (χ3v) is 3.38. The van der Waals surface area contributed by atoms with Gasteiger partial charge in [0, 0.05) is 6.42 Å². The van der Waals surface area contributed by atoms with Crippen LogP contribution < -0.4 is 9.47 Å². The van der Waals surface area contributed by atoms with Crippen LogP contribution in [-0.4, -0.2) is 20.0 Å². The fourth-order valence-electron chi connectivity index (χ4n) is 1.99. The zero-order valence-corrected chi connectivity index (χ0v) is 12.4. The molecule has 5 heteroatoms. The first-order valence-electron chi connectivity index (χ1n) is 6.25. The van der Waals surface area contributed by atoms with Crippen LogP contribution in [0.1, 0.15) is 15.9 Å². The molecular formula is C16H14ClFO3. The minimum absolute atomic E-state index is 0.00194. The minimum Gasteiger partial charge on any atom is -0.497 e. The van der Waals surface area contributed by atoms with E-state index in [0.29, 0.717) is 17.1 Å². The van der Waals surface area contributed by atoms with Crippen LogP contribution in [0.15, 0.2) is 36.4 Å². The van der Waals surface area contributed by atoms with Crippen molar-refractivity contribution in [1.29, 1.82) is 0 Å². The van der Waals surface area contributed by atoms with E-state index in [9.17, 15) is 9.18 Å². The largest absolute Gasteiger partial charge is 0.497 e. The van der Waals surface area contributed by atoms with Gasteiger partial charge in [0.15, 0.2) is 5.78 Å². The Hall–Kier alpha value is -2.07. The maximum absolute atomic E-state index is 13.9. The summed E-state index contributed by atoms with van der Waals surface area (Å²) in [6.07, 6.45) is -0.101. The van der Waals surface area contributed by atoms with Crippen molar-refractivity contribution in [2.45, 2.75) is 6.42 Å². The van der Waals surface area contributed by atoms with Crippen LogP contribution in [0.5, 0.6) is 11.5 Å². The lowest BCUT2D eigenvalue weighted by molar-refractivity contribution is 0.0988. The summed E-state index contributed by atoms with van der Waals surface area (Å²) >= 11 is 5.72. The van der Waals surface area contributed by atoms with Crippen LogP contribution in [0.2, 0.25) is 5.02 Å². The molecule has 0 amide bonds. The number of Topliss-reactive ketones (excluding diaryl/α,β-unsaturated/α-hetero) is 1. The van der Waals surface area contributed by atoms with Gasteiger partial charge in [0.1, 0.15) is 17.3 Å². The molecule has 0 spiro atoms. The van der Waals surface area contributed by atoms with Crippen molar-refractivity contribution in [3.8, 4) is 11.5 Å². The first-order valence-corrected chi connectivity index (χ1v) is 6.62. The first-order chi connectivity index (χ1) is 10.1. The summed E-state index contributed by atoms with van der Waals surface area (Å²) in [5.74, 6) is 0.107. The third kappa shape index (κ3) is 3.34. The van der Waals surface area contributed by atoms with Crippen molar-refractivity contribution in [3.63, 3.8) is 0 Å². The maximum atomic E-state index is 13.9. The third-order valence-electron chi connectivity index (χ3n) is 3.09. The number of carbonyl (C=O) groups is 1. The number of ether oxygens (including phenoxy) is 2. The lowest BCUT2D eigenvalue weighted by Gasteiger charge is -2.10. The summed E-state index contributed by atoms with van der Waals surface area (Å²) in [5.41, 5.74) is 0.591. The lowest BCUT2D eigenvalue weighted by Crippen LogP contribution is -2.07. The molecule has 0 N–H and O–H groups in total. The Bertz CT molecular complexity index is 671. The number of rotatable bonds is 5. The Morgan fingerprint density at radius 1 is 1.19 bits per heavy atom. The quantitative estimate of drug-likeness (QED) is 0.785. The topological polar surface area (TPSA) is 35.5 Å². The number of carbonyl (C=O) groups excluding carboxylic acids is 1. The van der Waals surface area contributed by atoms with Crippen LogP contribution in [0, 0.1) is 5.82 Å². The van der Waals surface area contributed by atoms with Crippen LogP contribution in [0.3, 0.4) is 0 Å². The van der Waals surface area contributed by atoms with Gasteiger partial charge in [0.25, 0.3) is 0 Å². The average molecular weight is 309 g/mol. The molecule has 0 unspecified atom stereocenters. The standard InChI is InChI=1S/C16H14ClFO3/c1-20-11-6-7-15(21-2)12(9-11)14(19)8-10-4-3-5-13(17)16(10)18/h3-7,9H,8H2,1-2H3. The second-order valence-electron chi connectivity index (χ2n) is 4.38. The molecule has 0 atom stereocenters. The Morgan fingerprint density at radius 3 is 2.62 bits per heavy atom. The van der Waals surface area contributed by atoms with Crippen molar-refractivity contribution in [3.05, 3.63) is 58.4 Å². The Kier molecular flexibility index (Phi) is 4.81. The summed E-state index contributed by atoms with van der Waals surface area (Å²) in [6.45, 7) is 0. The van der Waals surface area contributed by atoms with Gasteiger partial charge in [-0.15, -0.1) is 0 Å². The fraction of sp³-hybridized carbons (Fsp3) is 0.188. The second-order valence-corrected chi connectivity index (χ2v) is 4.79. The van der Waals surface area contributed by atoms with Crippen molar-refractivity contribution < 1.29 is 18.7 Å². The lowest BCUT2D eigenvalue weighted by atomic mass is 10.0. The fourth-order valence-corrected chi connectivity index (χ4v) is 2.18. The smallest absolute Gasteiger partial charge is 0.171 e. The molecule has 0 aliphatic carbocycles. The summed E-state index contributed by atoms with van der Waals surface area (Å²) < 4.78 is 24.1. The zero-order valence-electron chi connectivity index (χ0n) is 11.7. The van der Waals surface area contributed by atoms with Crippen LogP contribution >= 0.6 is 11.6 Å². The summed E-state index contributed by atoms with van der Waals surface area (Å²) in [4.78, 5) is 12.4.